The molecule has 3 heterocycles. The third-order valence-corrected chi connectivity index (χ3v) is 4.76. The molecule has 22 heavy (non-hydrogen) atoms. The summed E-state index contributed by atoms with van der Waals surface area (Å²) >= 11 is 1.44. The van der Waals surface area contributed by atoms with Crippen LogP contribution in [0.3, 0.4) is 0 Å². The summed E-state index contributed by atoms with van der Waals surface area (Å²) in [6, 6.07) is 0. The van der Waals surface area contributed by atoms with Crippen molar-refractivity contribution in [3.63, 3.8) is 0 Å². The molecule has 2 aromatic heterocycles. The highest BCUT2D eigenvalue weighted by molar-refractivity contribution is 7.13. The van der Waals surface area contributed by atoms with Crippen LogP contribution in [0.4, 0.5) is 0 Å². The minimum Gasteiger partial charge on any atom is -0.339 e. The summed E-state index contributed by atoms with van der Waals surface area (Å²) in [5, 5.41) is 5.01. The van der Waals surface area contributed by atoms with E-state index in [9.17, 15) is 4.79 Å². The van der Waals surface area contributed by atoms with Crippen molar-refractivity contribution in [3.8, 4) is 0 Å². The molecule has 0 bridgehead atoms. The number of amides is 1. The number of piperidine rings is 1. The van der Waals surface area contributed by atoms with Gasteiger partial charge >= 0.3 is 0 Å². The number of carbonyl (C=O) groups excluding carboxylic acids is 1. The molecule has 6 nitrogen and oxygen atoms in total. The molecule has 118 valence electrons. The van der Waals surface area contributed by atoms with Crippen LogP contribution < -0.4 is 0 Å². The topological polar surface area (TPSA) is 72.1 Å². The summed E-state index contributed by atoms with van der Waals surface area (Å²) in [6.07, 6.45) is 3.61. The minimum absolute atomic E-state index is 0.0582. The van der Waals surface area contributed by atoms with Crippen molar-refractivity contribution in [2.45, 2.75) is 45.4 Å². The molecule has 0 aliphatic carbocycles. The second-order valence-corrected chi connectivity index (χ2v) is 7.21. The van der Waals surface area contributed by atoms with Gasteiger partial charge in [0, 0.05) is 24.9 Å². The van der Waals surface area contributed by atoms with Crippen molar-refractivity contribution in [1.82, 2.24) is 20.0 Å². The van der Waals surface area contributed by atoms with Crippen molar-refractivity contribution in [1.29, 1.82) is 0 Å². The molecule has 0 radical (unpaired) electrons. The van der Waals surface area contributed by atoms with Gasteiger partial charge in [-0.05, 0) is 19.8 Å². The van der Waals surface area contributed by atoms with E-state index in [1.807, 2.05) is 25.7 Å². The first-order chi connectivity index (χ1) is 10.5. The largest absolute Gasteiger partial charge is 0.339 e. The molecular formula is C15H20N4O2S. The Morgan fingerprint density at radius 1 is 1.50 bits per heavy atom. The monoisotopic (exact) mass is 320 g/mol. The maximum absolute atomic E-state index is 12.5. The highest BCUT2D eigenvalue weighted by Gasteiger charge is 2.29. The number of aromatic nitrogens is 3. The highest BCUT2D eigenvalue weighted by Crippen LogP contribution is 2.27. The fourth-order valence-electron chi connectivity index (χ4n) is 2.64. The first-order valence-electron chi connectivity index (χ1n) is 7.59. The molecule has 7 heteroatoms. The molecule has 1 amide bonds. The average molecular weight is 320 g/mol. The Bertz CT molecular complexity index is 664. The highest BCUT2D eigenvalue weighted by atomic mass is 32.1. The third-order valence-electron chi connectivity index (χ3n) is 3.86. The summed E-state index contributed by atoms with van der Waals surface area (Å²) in [5.41, 5.74) is 0. The van der Waals surface area contributed by atoms with Crippen LogP contribution in [-0.4, -0.2) is 39.0 Å². The molecule has 3 rings (SSSR count). The predicted molar refractivity (Wildman–Crippen MR) is 83.1 cm³/mol. The lowest BCUT2D eigenvalue weighted by atomic mass is 9.97. The zero-order chi connectivity index (χ0) is 15.7. The maximum Gasteiger partial charge on any atom is 0.265 e. The quantitative estimate of drug-likeness (QED) is 0.869. The SMILES string of the molecule is Cc1ncc(C(=O)N2CCC[C@@H](c3noc(C(C)C)n3)C2)s1. The van der Waals surface area contributed by atoms with Gasteiger partial charge in [-0.3, -0.25) is 4.79 Å². The first kappa shape index (κ1) is 15.1. The lowest BCUT2D eigenvalue weighted by molar-refractivity contribution is 0.0708. The van der Waals surface area contributed by atoms with Crippen LogP contribution in [0.25, 0.3) is 0 Å². The van der Waals surface area contributed by atoms with E-state index in [1.54, 1.807) is 6.20 Å². The van der Waals surface area contributed by atoms with Crippen LogP contribution in [0.15, 0.2) is 10.7 Å². The molecule has 0 N–H and O–H groups in total. The Kier molecular flexibility index (Phi) is 4.24. The Morgan fingerprint density at radius 3 is 2.95 bits per heavy atom. The van der Waals surface area contributed by atoms with Crippen LogP contribution in [0.5, 0.6) is 0 Å². The van der Waals surface area contributed by atoms with Crippen LogP contribution >= 0.6 is 11.3 Å². The molecule has 2 aromatic rings. The van der Waals surface area contributed by atoms with E-state index in [2.05, 4.69) is 15.1 Å². The number of rotatable bonds is 3. The van der Waals surface area contributed by atoms with E-state index < -0.39 is 0 Å². The molecule has 0 saturated carbocycles. The molecule has 1 aliphatic heterocycles. The van der Waals surface area contributed by atoms with E-state index >= 15 is 0 Å². The van der Waals surface area contributed by atoms with E-state index in [0.717, 1.165) is 30.2 Å². The van der Waals surface area contributed by atoms with E-state index in [0.29, 0.717) is 17.3 Å². The Balaban J connectivity index is 1.72. The number of hydrogen-bond acceptors (Lipinski definition) is 6. The fraction of sp³-hybridized carbons (Fsp3) is 0.600. The van der Waals surface area contributed by atoms with Gasteiger partial charge in [-0.2, -0.15) is 4.98 Å². The van der Waals surface area contributed by atoms with Crippen molar-refractivity contribution in [2.24, 2.45) is 0 Å². The second kappa shape index (κ2) is 6.16. The van der Waals surface area contributed by atoms with Crippen LogP contribution in [-0.2, 0) is 0 Å². The van der Waals surface area contributed by atoms with Crippen LogP contribution in [0.2, 0.25) is 0 Å². The van der Waals surface area contributed by atoms with Gasteiger partial charge in [0.25, 0.3) is 5.91 Å². The van der Waals surface area contributed by atoms with Gasteiger partial charge in [0.05, 0.1) is 11.2 Å². The maximum atomic E-state index is 12.5. The summed E-state index contributed by atoms with van der Waals surface area (Å²) in [5.74, 6) is 1.83. The van der Waals surface area contributed by atoms with E-state index in [1.165, 1.54) is 11.3 Å². The zero-order valence-corrected chi connectivity index (χ0v) is 13.9. The molecule has 1 saturated heterocycles. The molecule has 0 unspecified atom stereocenters. The third kappa shape index (κ3) is 3.04. The summed E-state index contributed by atoms with van der Waals surface area (Å²) in [4.78, 5) is 23.8. The van der Waals surface area contributed by atoms with Crippen molar-refractivity contribution < 1.29 is 9.32 Å². The minimum atomic E-state index is 0.0582. The van der Waals surface area contributed by atoms with Gasteiger partial charge in [0.2, 0.25) is 5.89 Å². The van der Waals surface area contributed by atoms with Gasteiger partial charge in [-0.1, -0.05) is 19.0 Å². The predicted octanol–water partition coefficient (Wildman–Crippen LogP) is 2.98. The summed E-state index contributed by atoms with van der Waals surface area (Å²) in [7, 11) is 0. The Labute approximate surface area is 133 Å². The normalized spacial score (nSPS) is 18.9. The molecule has 1 atom stereocenters. The number of thiazole rings is 1. The molecule has 0 aromatic carbocycles. The van der Waals surface area contributed by atoms with E-state index in [4.69, 9.17) is 4.52 Å². The number of hydrogen-bond donors (Lipinski definition) is 0. The van der Waals surface area contributed by atoms with Gasteiger partial charge in [-0.15, -0.1) is 11.3 Å². The second-order valence-electron chi connectivity index (χ2n) is 5.98. The standard InChI is InChI=1S/C15H20N4O2S/c1-9(2)14-17-13(18-21-14)11-5-4-6-19(8-11)15(20)12-7-16-10(3)22-12/h7,9,11H,4-6,8H2,1-3H3/t11-/m1/s1. The van der Waals surface area contributed by atoms with Gasteiger partial charge in [0.15, 0.2) is 5.82 Å². The molecule has 0 spiro atoms. The zero-order valence-electron chi connectivity index (χ0n) is 13.1. The van der Waals surface area contributed by atoms with E-state index in [-0.39, 0.29) is 17.7 Å². The van der Waals surface area contributed by atoms with Gasteiger partial charge < -0.3 is 9.42 Å². The number of likely N-dealkylation sites (tertiary alicyclic amines) is 1. The first-order valence-corrected chi connectivity index (χ1v) is 8.41. The Hall–Kier alpha value is -1.76. The molecular weight excluding hydrogens is 300 g/mol. The fourth-order valence-corrected chi connectivity index (χ4v) is 3.38. The molecule has 1 aliphatic rings. The summed E-state index contributed by atoms with van der Waals surface area (Å²) in [6.45, 7) is 7.39. The smallest absolute Gasteiger partial charge is 0.265 e. The van der Waals surface area contributed by atoms with Crippen LogP contribution in [0.1, 0.15) is 64.9 Å². The van der Waals surface area contributed by atoms with Crippen LogP contribution in [0, 0.1) is 6.92 Å². The number of nitrogens with zero attached hydrogens (tertiary/aromatic N) is 4. The average Bonchev–Trinajstić information content (AvgIpc) is 3.15. The lowest BCUT2D eigenvalue weighted by Crippen LogP contribution is -2.39. The lowest BCUT2D eigenvalue weighted by Gasteiger charge is -2.30. The van der Waals surface area contributed by atoms with Gasteiger partial charge in [0.1, 0.15) is 4.88 Å². The van der Waals surface area contributed by atoms with Crippen molar-refractivity contribution >= 4 is 17.2 Å². The van der Waals surface area contributed by atoms with Crippen molar-refractivity contribution in [2.75, 3.05) is 13.1 Å². The summed E-state index contributed by atoms with van der Waals surface area (Å²) < 4.78 is 5.29. The Morgan fingerprint density at radius 2 is 2.32 bits per heavy atom. The molecule has 1 fully saturated rings. The number of carbonyl (C=O) groups is 1. The van der Waals surface area contributed by atoms with Crippen molar-refractivity contribution in [3.05, 3.63) is 27.8 Å². The van der Waals surface area contributed by atoms with Gasteiger partial charge in [-0.25, -0.2) is 4.98 Å². The number of aryl methyl sites for hydroxylation is 1.